The van der Waals surface area contributed by atoms with Gasteiger partial charge in [0.15, 0.2) is 29.4 Å². The molecule has 0 aliphatic rings. The number of hydrogen-bond acceptors (Lipinski definition) is 6. The third kappa shape index (κ3) is 6.51. The van der Waals surface area contributed by atoms with Crippen molar-refractivity contribution in [2.45, 2.75) is 58.8 Å². The summed E-state index contributed by atoms with van der Waals surface area (Å²) in [5.41, 5.74) is 1.60. The van der Waals surface area contributed by atoms with Crippen molar-refractivity contribution in [3.8, 4) is 22.8 Å². The summed E-state index contributed by atoms with van der Waals surface area (Å²) in [4.78, 5) is 29.6. The van der Waals surface area contributed by atoms with Crippen molar-refractivity contribution >= 4 is 11.8 Å². The molecule has 0 aliphatic heterocycles. The topological polar surface area (TPSA) is 114 Å². The lowest BCUT2D eigenvalue weighted by molar-refractivity contribution is 0.0948. The van der Waals surface area contributed by atoms with Gasteiger partial charge in [0.25, 0.3) is 11.8 Å². The molecule has 2 amide bonds. The highest BCUT2D eigenvalue weighted by Crippen LogP contribution is 2.39. The number of hydrogen-bond donors (Lipinski definition) is 3. The third-order valence-corrected chi connectivity index (χ3v) is 6.11. The van der Waals surface area contributed by atoms with Crippen molar-refractivity contribution in [3.63, 3.8) is 0 Å². The van der Waals surface area contributed by atoms with E-state index in [0.29, 0.717) is 35.2 Å². The first-order chi connectivity index (χ1) is 17.7. The van der Waals surface area contributed by atoms with Gasteiger partial charge in [-0.1, -0.05) is 41.5 Å². The molecule has 0 spiro atoms. The van der Waals surface area contributed by atoms with Crippen LogP contribution in [0.5, 0.6) is 11.5 Å². The van der Waals surface area contributed by atoms with Gasteiger partial charge in [0, 0.05) is 35.3 Å². The van der Waals surface area contributed by atoms with Crippen LogP contribution < -0.4 is 15.4 Å². The van der Waals surface area contributed by atoms with Gasteiger partial charge in [-0.15, -0.1) is 0 Å². The Morgan fingerprint density at radius 1 is 0.974 bits per heavy atom. The first-order valence-electron chi connectivity index (χ1n) is 12.5. The first kappa shape index (κ1) is 28.7. The van der Waals surface area contributed by atoms with E-state index in [-0.39, 0.29) is 46.2 Å². The van der Waals surface area contributed by atoms with Gasteiger partial charge in [-0.2, -0.15) is 0 Å². The zero-order chi connectivity index (χ0) is 28.3. The molecule has 1 aromatic heterocycles. The predicted molar refractivity (Wildman–Crippen MR) is 143 cm³/mol. The van der Waals surface area contributed by atoms with Crippen molar-refractivity contribution in [3.05, 3.63) is 64.9 Å². The number of halogens is 1. The summed E-state index contributed by atoms with van der Waals surface area (Å²) < 4.78 is 24.3. The third-order valence-electron chi connectivity index (χ3n) is 6.11. The number of methoxy groups -OCH3 is 1. The number of benzene rings is 2. The zero-order valence-corrected chi connectivity index (χ0v) is 23.0. The Hall–Kier alpha value is -3.88. The molecule has 3 aromatic rings. The lowest BCUT2D eigenvalue weighted by Crippen LogP contribution is -2.30. The van der Waals surface area contributed by atoms with E-state index < -0.39 is 11.7 Å². The number of aromatic hydroxyl groups is 1. The molecule has 0 atom stereocenters. The van der Waals surface area contributed by atoms with Gasteiger partial charge in [0.2, 0.25) is 0 Å². The van der Waals surface area contributed by atoms with Gasteiger partial charge in [-0.3, -0.25) is 9.59 Å². The average Bonchev–Trinajstić information content (AvgIpc) is 3.32. The predicted octanol–water partition coefficient (Wildman–Crippen LogP) is 5.34. The second kappa shape index (κ2) is 11.2. The highest BCUT2D eigenvalue weighted by molar-refractivity contribution is 5.97. The van der Waals surface area contributed by atoms with Crippen LogP contribution in [0.3, 0.4) is 0 Å². The Morgan fingerprint density at radius 2 is 1.55 bits per heavy atom. The van der Waals surface area contributed by atoms with Crippen molar-refractivity contribution in [1.82, 2.24) is 15.6 Å². The molecule has 0 radical (unpaired) electrons. The number of oxazole rings is 1. The summed E-state index contributed by atoms with van der Waals surface area (Å²) in [5.74, 6) is -0.866. The average molecular weight is 526 g/mol. The minimum atomic E-state index is -0.582. The summed E-state index contributed by atoms with van der Waals surface area (Å²) in [6, 6.07) is 7.70. The van der Waals surface area contributed by atoms with E-state index in [1.54, 1.807) is 18.2 Å². The van der Waals surface area contributed by atoms with Crippen LogP contribution in [0.2, 0.25) is 0 Å². The van der Waals surface area contributed by atoms with E-state index in [0.717, 1.165) is 6.39 Å². The van der Waals surface area contributed by atoms with E-state index in [2.05, 4.69) is 15.6 Å². The molecule has 8 nitrogen and oxygen atoms in total. The maximum Gasteiger partial charge on any atom is 0.273 e. The smallest absolute Gasteiger partial charge is 0.273 e. The Bertz CT molecular complexity index is 1280. The minimum absolute atomic E-state index is 0.0344. The monoisotopic (exact) mass is 525 g/mol. The van der Waals surface area contributed by atoms with Crippen LogP contribution in [0.15, 0.2) is 41.1 Å². The Kier molecular flexibility index (Phi) is 8.49. The second-order valence-electron chi connectivity index (χ2n) is 11.2. The number of phenols is 1. The molecular formula is C29H36FN3O5. The van der Waals surface area contributed by atoms with E-state index in [1.807, 2.05) is 41.5 Å². The summed E-state index contributed by atoms with van der Waals surface area (Å²) in [5, 5.41) is 16.5. The Labute approximate surface area is 222 Å². The molecule has 0 fully saturated rings. The summed E-state index contributed by atoms with van der Waals surface area (Å²) in [7, 11) is 1.37. The fraction of sp³-hybridized carbons (Fsp3) is 0.414. The minimum Gasteiger partial charge on any atom is -0.507 e. The van der Waals surface area contributed by atoms with Gasteiger partial charge in [0.05, 0.1) is 7.11 Å². The van der Waals surface area contributed by atoms with Crippen LogP contribution in [-0.2, 0) is 10.8 Å². The van der Waals surface area contributed by atoms with E-state index >= 15 is 0 Å². The second-order valence-corrected chi connectivity index (χ2v) is 11.2. The lowest BCUT2D eigenvalue weighted by Gasteiger charge is -2.28. The van der Waals surface area contributed by atoms with E-state index in [4.69, 9.17) is 9.15 Å². The normalized spacial score (nSPS) is 11.8. The number of nitrogens with one attached hydrogen (secondary N) is 2. The zero-order valence-electron chi connectivity index (χ0n) is 23.0. The van der Waals surface area contributed by atoms with Crippen molar-refractivity contribution < 1.29 is 28.2 Å². The number of rotatable bonds is 8. The summed E-state index contributed by atoms with van der Waals surface area (Å²) in [6.07, 6.45) is 1.60. The highest BCUT2D eigenvalue weighted by Gasteiger charge is 2.28. The van der Waals surface area contributed by atoms with Gasteiger partial charge < -0.3 is 24.9 Å². The molecule has 38 heavy (non-hydrogen) atoms. The highest BCUT2D eigenvalue weighted by atomic mass is 19.1. The number of ether oxygens (including phenoxy) is 1. The van der Waals surface area contributed by atoms with Crippen LogP contribution in [0.25, 0.3) is 11.3 Å². The van der Waals surface area contributed by atoms with Crippen LogP contribution >= 0.6 is 0 Å². The fourth-order valence-corrected chi connectivity index (χ4v) is 4.01. The van der Waals surface area contributed by atoms with Crippen molar-refractivity contribution in [2.24, 2.45) is 0 Å². The van der Waals surface area contributed by atoms with Crippen LogP contribution in [-0.4, -0.2) is 42.1 Å². The standard InChI is InChI=1S/C29H36FN3O5/c1-28(2,3)19-13-18(14-20(24(19)34)29(4,5)6)26(35)31-11-8-12-32-27(36)23-25(38-16-33-23)17-9-10-22(37-7)21(30)15-17/h9-10,13-16,34H,8,11-12H2,1-7H3,(H,31,35)(H,32,36). The molecule has 3 N–H and O–H groups in total. The van der Waals surface area contributed by atoms with E-state index in [1.165, 1.54) is 19.2 Å². The number of carbonyl (C=O) groups excluding carboxylic acids is 2. The summed E-state index contributed by atoms with van der Waals surface area (Å²) in [6.45, 7) is 12.5. The van der Waals surface area contributed by atoms with Gasteiger partial charge >= 0.3 is 0 Å². The molecule has 0 unspecified atom stereocenters. The maximum absolute atomic E-state index is 14.1. The molecule has 2 aromatic carbocycles. The van der Waals surface area contributed by atoms with Crippen molar-refractivity contribution in [1.29, 1.82) is 0 Å². The number of carbonyl (C=O) groups is 2. The van der Waals surface area contributed by atoms with Gasteiger partial charge in [-0.25, -0.2) is 9.37 Å². The molecule has 3 rings (SSSR count). The molecule has 0 saturated carbocycles. The van der Waals surface area contributed by atoms with E-state index in [9.17, 15) is 19.1 Å². The Balaban J connectivity index is 1.60. The fourth-order valence-electron chi connectivity index (χ4n) is 4.01. The molecule has 9 heteroatoms. The molecule has 204 valence electrons. The number of nitrogens with zero attached hydrogens (tertiary/aromatic N) is 1. The number of aromatic nitrogens is 1. The van der Waals surface area contributed by atoms with Crippen molar-refractivity contribution in [2.75, 3.05) is 20.2 Å². The molecule has 1 heterocycles. The summed E-state index contributed by atoms with van der Waals surface area (Å²) >= 11 is 0. The quantitative estimate of drug-likeness (QED) is 0.342. The molecular weight excluding hydrogens is 489 g/mol. The van der Waals surface area contributed by atoms with Crippen LogP contribution in [0.1, 0.15) is 79.9 Å². The van der Waals surface area contributed by atoms with Gasteiger partial charge in [-0.05, 0) is 47.6 Å². The Morgan fingerprint density at radius 3 is 2.08 bits per heavy atom. The lowest BCUT2D eigenvalue weighted by atomic mass is 9.78. The maximum atomic E-state index is 14.1. The largest absolute Gasteiger partial charge is 0.507 e. The molecule has 0 bridgehead atoms. The van der Waals surface area contributed by atoms with Gasteiger partial charge in [0.1, 0.15) is 5.75 Å². The number of phenolic OH excluding ortho intramolecular Hbond substituents is 1. The van der Waals surface area contributed by atoms with Crippen LogP contribution in [0.4, 0.5) is 4.39 Å². The SMILES string of the molecule is COc1ccc(-c2ocnc2C(=O)NCCCNC(=O)c2cc(C(C)(C)C)c(O)c(C(C)(C)C)c2)cc1F. The molecule has 0 aliphatic carbocycles. The van der Waals surface area contributed by atoms with Crippen LogP contribution in [0, 0.1) is 5.82 Å². The molecule has 0 saturated heterocycles. The first-order valence-corrected chi connectivity index (χ1v) is 12.5. The number of amides is 2.